The Bertz CT molecular complexity index is 514. The summed E-state index contributed by atoms with van der Waals surface area (Å²) in [5.74, 6) is 0.287. The Balaban J connectivity index is 1.64. The summed E-state index contributed by atoms with van der Waals surface area (Å²) in [6.45, 7) is 5.91. The van der Waals surface area contributed by atoms with E-state index in [0.29, 0.717) is 18.5 Å². The van der Waals surface area contributed by atoms with Crippen LogP contribution in [0.1, 0.15) is 61.2 Å². The molecule has 4 nitrogen and oxygen atoms in total. The lowest BCUT2D eigenvalue weighted by atomic mass is 9.97. The number of aromatic nitrogens is 1. The lowest BCUT2D eigenvalue weighted by molar-refractivity contribution is -0.129. The highest BCUT2D eigenvalue weighted by Crippen LogP contribution is 2.35. The van der Waals surface area contributed by atoms with Gasteiger partial charge < -0.3 is 10.2 Å². The van der Waals surface area contributed by atoms with E-state index < -0.39 is 0 Å². The molecule has 1 fully saturated rings. The van der Waals surface area contributed by atoms with Gasteiger partial charge in [-0.05, 0) is 32.1 Å². The lowest BCUT2D eigenvalue weighted by Gasteiger charge is -2.26. The van der Waals surface area contributed by atoms with Crippen LogP contribution in [0.25, 0.3) is 0 Å². The predicted molar refractivity (Wildman–Crippen MR) is 85.6 cm³/mol. The summed E-state index contributed by atoms with van der Waals surface area (Å²) in [4.78, 5) is 20.0. The maximum Gasteiger partial charge on any atom is 0.222 e. The van der Waals surface area contributed by atoms with Gasteiger partial charge in [0, 0.05) is 36.5 Å². The fraction of sp³-hybridized carbons (Fsp3) is 0.750. The summed E-state index contributed by atoms with van der Waals surface area (Å²) in [6, 6.07) is 0.900. The number of nitrogens with one attached hydrogen (secondary N) is 1. The first-order valence-electron chi connectivity index (χ1n) is 8.23. The molecule has 1 aliphatic carbocycles. The van der Waals surface area contributed by atoms with E-state index in [1.807, 2.05) is 23.2 Å². The van der Waals surface area contributed by atoms with E-state index in [1.54, 1.807) is 0 Å². The highest BCUT2D eigenvalue weighted by atomic mass is 32.1. The molecule has 21 heavy (non-hydrogen) atoms. The maximum atomic E-state index is 11.8. The van der Waals surface area contributed by atoms with Gasteiger partial charge >= 0.3 is 0 Å². The summed E-state index contributed by atoms with van der Waals surface area (Å²) in [6.07, 6.45) is 6.30. The van der Waals surface area contributed by atoms with E-state index in [4.69, 9.17) is 4.98 Å². The molecule has 0 bridgehead atoms. The number of likely N-dealkylation sites (tertiary alicyclic amines) is 1. The van der Waals surface area contributed by atoms with Crippen LogP contribution in [0.3, 0.4) is 0 Å². The molecule has 1 aliphatic heterocycles. The van der Waals surface area contributed by atoms with Crippen molar-refractivity contribution in [1.82, 2.24) is 15.2 Å². The highest BCUT2D eigenvalue weighted by Gasteiger charge is 2.30. The largest absolute Gasteiger partial charge is 0.341 e. The van der Waals surface area contributed by atoms with Crippen LogP contribution in [-0.4, -0.2) is 34.9 Å². The third-order valence-electron chi connectivity index (χ3n) is 4.58. The fourth-order valence-electron chi connectivity index (χ4n) is 3.41. The van der Waals surface area contributed by atoms with E-state index in [2.05, 4.69) is 12.2 Å². The molecule has 2 heterocycles. The number of hydrogen-bond donors (Lipinski definition) is 1. The van der Waals surface area contributed by atoms with Crippen molar-refractivity contribution in [3.63, 3.8) is 0 Å². The number of hydrogen-bond acceptors (Lipinski definition) is 4. The zero-order valence-corrected chi connectivity index (χ0v) is 13.8. The molecular formula is C16H25N3OS. The molecule has 116 valence electrons. The van der Waals surface area contributed by atoms with Crippen LogP contribution in [0.2, 0.25) is 0 Å². The summed E-state index contributed by atoms with van der Waals surface area (Å²) in [5.41, 5.74) is 1.32. The predicted octanol–water partition coefficient (Wildman–Crippen LogP) is 2.68. The molecule has 1 saturated heterocycles. The minimum absolute atomic E-state index is 0.287. The summed E-state index contributed by atoms with van der Waals surface area (Å²) in [7, 11) is 0. The molecule has 2 atom stereocenters. The number of nitrogens with zero attached hydrogens (tertiary/aromatic N) is 2. The monoisotopic (exact) mass is 307 g/mol. The second-order valence-corrected chi connectivity index (χ2v) is 7.18. The molecule has 5 heteroatoms. The number of carbonyl (C=O) groups excluding carboxylic acids is 1. The first-order chi connectivity index (χ1) is 10.2. The first-order valence-corrected chi connectivity index (χ1v) is 9.05. The SMILES string of the molecule is CCC(=O)N1CC[C@@H](N[C@H]2CCCc3nc(CC)sc32)C1. The molecule has 1 aromatic heterocycles. The average molecular weight is 307 g/mol. The Morgan fingerprint density at radius 1 is 1.43 bits per heavy atom. The van der Waals surface area contributed by atoms with Gasteiger partial charge in [0.25, 0.3) is 0 Å². The van der Waals surface area contributed by atoms with Crippen molar-refractivity contribution in [3.8, 4) is 0 Å². The number of carbonyl (C=O) groups is 1. The van der Waals surface area contributed by atoms with Crippen LogP contribution in [0, 0.1) is 0 Å². The molecule has 0 aromatic carbocycles. The van der Waals surface area contributed by atoms with Crippen molar-refractivity contribution >= 4 is 17.2 Å². The van der Waals surface area contributed by atoms with Crippen LogP contribution >= 0.6 is 11.3 Å². The van der Waals surface area contributed by atoms with E-state index in [1.165, 1.54) is 28.4 Å². The number of rotatable bonds is 4. The van der Waals surface area contributed by atoms with Crippen molar-refractivity contribution in [3.05, 3.63) is 15.6 Å². The van der Waals surface area contributed by atoms with Gasteiger partial charge in [0.05, 0.1) is 10.7 Å². The minimum atomic E-state index is 0.287. The minimum Gasteiger partial charge on any atom is -0.341 e. The second kappa shape index (κ2) is 6.44. The van der Waals surface area contributed by atoms with E-state index in [0.717, 1.165) is 32.4 Å². The van der Waals surface area contributed by atoms with Gasteiger partial charge in [-0.2, -0.15) is 0 Å². The summed E-state index contributed by atoms with van der Waals surface area (Å²) >= 11 is 1.88. The molecule has 1 aromatic rings. The van der Waals surface area contributed by atoms with Gasteiger partial charge in [-0.15, -0.1) is 11.3 Å². The Morgan fingerprint density at radius 2 is 2.29 bits per heavy atom. The molecule has 0 unspecified atom stereocenters. The van der Waals surface area contributed by atoms with Gasteiger partial charge in [0.2, 0.25) is 5.91 Å². The molecule has 0 spiro atoms. The van der Waals surface area contributed by atoms with Crippen LogP contribution in [-0.2, 0) is 17.6 Å². The van der Waals surface area contributed by atoms with Crippen molar-refractivity contribution in [1.29, 1.82) is 0 Å². The molecule has 0 radical (unpaired) electrons. The second-order valence-electron chi connectivity index (χ2n) is 6.06. The van der Waals surface area contributed by atoms with Gasteiger partial charge in [-0.25, -0.2) is 4.98 Å². The van der Waals surface area contributed by atoms with Crippen LogP contribution < -0.4 is 5.32 Å². The maximum absolute atomic E-state index is 11.8. The third-order valence-corrected chi connectivity index (χ3v) is 5.93. The van der Waals surface area contributed by atoms with Gasteiger partial charge in [-0.1, -0.05) is 13.8 Å². The number of fused-ring (bicyclic) bond motifs is 1. The number of thiazole rings is 1. The Hall–Kier alpha value is -0.940. The van der Waals surface area contributed by atoms with E-state index >= 15 is 0 Å². The molecule has 0 saturated carbocycles. The number of aryl methyl sites for hydroxylation is 2. The zero-order chi connectivity index (χ0) is 14.8. The lowest BCUT2D eigenvalue weighted by Crippen LogP contribution is -2.37. The summed E-state index contributed by atoms with van der Waals surface area (Å²) < 4.78 is 0. The quantitative estimate of drug-likeness (QED) is 0.930. The number of amides is 1. The first kappa shape index (κ1) is 15.0. The van der Waals surface area contributed by atoms with Crippen LogP contribution in [0.5, 0.6) is 0 Å². The normalized spacial score (nSPS) is 25.1. The molecule has 1 N–H and O–H groups in total. The van der Waals surface area contributed by atoms with Crippen LogP contribution in [0.4, 0.5) is 0 Å². The molecule has 2 aliphatic rings. The van der Waals surface area contributed by atoms with Crippen LogP contribution in [0.15, 0.2) is 0 Å². The molecular weight excluding hydrogens is 282 g/mol. The van der Waals surface area contributed by atoms with E-state index in [-0.39, 0.29) is 5.91 Å². The third kappa shape index (κ3) is 3.14. The van der Waals surface area contributed by atoms with Gasteiger partial charge in [0.15, 0.2) is 0 Å². The topological polar surface area (TPSA) is 45.2 Å². The van der Waals surface area contributed by atoms with Crippen molar-refractivity contribution in [2.24, 2.45) is 0 Å². The van der Waals surface area contributed by atoms with E-state index in [9.17, 15) is 4.79 Å². The smallest absolute Gasteiger partial charge is 0.222 e. The fourth-order valence-corrected chi connectivity index (χ4v) is 4.56. The van der Waals surface area contributed by atoms with Crippen molar-refractivity contribution in [2.45, 2.75) is 64.5 Å². The zero-order valence-electron chi connectivity index (χ0n) is 13.0. The molecule has 1 amide bonds. The van der Waals surface area contributed by atoms with Crippen molar-refractivity contribution < 1.29 is 4.79 Å². The Labute approximate surface area is 130 Å². The van der Waals surface area contributed by atoms with Gasteiger partial charge in [-0.3, -0.25) is 4.79 Å². The average Bonchev–Trinajstić information content (AvgIpc) is 3.13. The standard InChI is InChI=1S/C16H25N3OS/c1-3-14-18-13-7-5-6-12(16(13)21-14)17-11-8-9-19(10-11)15(20)4-2/h11-12,17H,3-10H2,1-2H3/t11-,12+/m1/s1. The highest BCUT2D eigenvalue weighted by molar-refractivity contribution is 7.11. The Morgan fingerprint density at radius 3 is 3.05 bits per heavy atom. The molecule has 3 rings (SSSR count). The van der Waals surface area contributed by atoms with Crippen molar-refractivity contribution in [2.75, 3.05) is 13.1 Å². The summed E-state index contributed by atoms with van der Waals surface area (Å²) in [5, 5.41) is 5.06. The Kier molecular flexibility index (Phi) is 4.60. The van der Waals surface area contributed by atoms with Gasteiger partial charge in [0.1, 0.15) is 0 Å².